The average molecular weight is 245 g/mol. The topological polar surface area (TPSA) is 69.2 Å². The molecule has 0 aliphatic rings. The van der Waals surface area contributed by atoms with Gasteiger partial charge in [-0.1, -0.05) is 22.0 Å². The fourth-order valence-corrected chi connectivity index (χ4v) is 1.85. The predicted molar refractivity (Wildman–Crippen MR) is 53.4 cm³/mol. The maximum atomic E-state index is 10.6. The molecule has 1 atom stereocenters. The summed E-state index contributed by atoms with van der Waals surface area (Å²) in [5.41, 5.74) is 6.21. The van der Waals surface area contributed by atoms with Crippen LogP contribution in [0.2, 0.25) is 0 Å². The molecule has 13 heavy (non-hydrogen) atoms. The summed E-state index contributed by atoms with van der Waals surface area (Å²) in [6.07, 6.45) is 0. The molecule has 1 aromatic carbocycles. The monoisotopic (exact) mass is 244 g/mol. The lowest BCUT2D eigenvalue weighted by atomic mass is 10.1. The summed E-state index contributed by atoms with van der Waals surface area (Å²) >= 11 is 3.23. The van der Waals surface area contributed by atoms with Crippen molar-refractivity contribution >= 4 is 21.6 Å². The van der Waals surface area contributed by atoms with E-state index in [2.05, 4.69) is 15.9 Å². The molecule has 0 amide bonds. The molecule has 0 spiro atoms. The second-order valence-electron chi connectivity index (χ2n) is 2.72. The summed E-state index contributed by atoms with van der Waals surface area (Å²) in [7, 11) is 0. The van der Waals surface area contributed by atoms with Gasteiger partial charge in [-0.3, -0.25) is 10.1 Å². The molecule has 0 aromatic heterocycles. The van der Waals surface area contributed by atoms with E-state index in [4.69, 9.17) is 5.73 Å². The lowest BCUT2D eigenvalue weighted by Crippen LogP contribution is -2.08. The zero-order valence-electron chi connectivity index (χ0n) is 7.03. The normalized spacial score (nSPS) is 12.5. The smallest absolute Gasteiger partial charge is 0.275 e. The van der Waals surface area contributed by atoms with Crippen LogP contribution in [0.5, 0.6) is 0 Å². The second kappa shape index (κ2) is 3.85. The lowest BCUT2D eigenvalue weighted by Gasteiger charge is -2.08. The number of hydrogen-bond donors (Lipinski definition) is 1. The molecule has 1 rings (SSSR count). The van der Waals surface area contributed by atoms with Gasteiger partial charge in [0.1, 0.15) is 0 Å². The summed E-state index contributed by atoms with van der Waals surface area (Å²) in [6.45, 7) is 1.72. The molecule has 0 unspecified atom stereocenters. The van der Waals surface area contributed by atoms with Gasteiger partial charge in [0.25, 0.3) is 5.69 Å². The summed E-state index contributed by atoms with van der Waals surface area (Å²) in [4.78, 5) is 10.2. The average Bonchev–Trinajstić information content (AvgIpc) is 2.02. The fourth-order valence-electron chi connectivity index (χ4n) is 1.14. The van der Waals surface area contributed by atoms with Gasteiger partial charge in [0.05, 0.1) is 10.5 Å². The van der Waals surface area contributed by atoms with Crippen molar-refractivity contribution in [2.24, 2.45) is 5.73 Å². The Balaban J connectivity index is 3.34. The molecule has 0 aliphatic heterocycles. The highest BCUT2D eigenvalue weighted by atomic mass is 79.9. The van der Waals surface area contributed by atoms with Crippen LogP contribution in [-0.2, 0) is 0 Å². The van der Waals surface area contributed by atoms with E-state index in [1.165, 1.54) is 6.07 Å². The summed E-state index contributed by atoms with van der Waals surface area (Å²) in [5, 5.41) is 10.6. The van der Waals surface area contributed by atoms with Crippen molar-refractivity contribution in [1.29, 1.82) is 0 Å². The molecule has 0 saturated heterocycles. The molecule has 0 radical (unpaired) electrons. The third kappa shape index (κ3) is 2.05. The first kappa shape index (κ1) is 10.1. The van der Waals surface area contributed by atoms with Crippen LogP contribution in [0.4, 0.5) is 5.69 Å². The number of benzene rings is 1. The van der Waals surface area contributed by atoms with Gasteiger partial charge in [-0.2, -0.15) is 0 Å². The van der Waals surface area contributed by atoms with Gasteiger partial charge in [0.2, 0.25) is 0 Å². The number of halogens is 1. The van der Waals surface area contributed by atoms with E-state index in [-0.39, 0.29) is 11.7 Å². The highest BCUT2D eigenvalue weighted by Crippen LogP contribution is 2.30. The van der Waals surface area contributed by atoms with Crippen LogP contribution in [0.3, 0.4) is 0 Å². The molecular weight excluding hydrogens is 236 g/mol. The molecular formula is C8H9BrN2O2. The Morgan fingerprint density at radius 2 is 2.23 bits per heavy atom. The minimum atomic E-state index is -0.427. The van der Waals surface area contributed by atoms with E-state index in [9.17, 15) is 10.1 Å². The summed E-state index contributed by atoms with van der Waals surface area (Å²) in [5.74, 6) is 0. The summed E-state index contributed by atoms with van der Waals surface area (Å²) < 4.78 is 0.678. The number of hydrogen-bond acceptors (Lipinski definition) is 3. The van der Waals surface area contributed by atoms with Crippen LogP contribution in [0.15, 0.2) is 22.7 Å². The molecule has 0 aliphatic carbocycles. The van der Waals surface area contributed by atoms with Gasteiger partial charge in [-0.15, -0.1) is 0 Å². The van der Waals surface area contributed by atoms with Crippen molar-refractivity contribution in [2.75, 3.05) is 0 Å². The maximum Gasteiger partial charge on any atom is 0.275 e. The van der Waals surface area contributed by atoms with Gasteiger partial charge in [0, 0.05) is 16.6 Å². The van der Waals surface area contributed by atoms with E-state index < -0.39 is 4.92 Å². The van der Waals surface area contributed by atoms with Crippen molar-refractivity contribution in [2.45, 2.75) is 13.0 Å². The molecule has 0 heterocycles. The van der Waals surface area contributed by atoms with Gasteiger partial charge in [-0.25, -0.2) is 0 Å². The fraction of sp³-hybridized carbons (Fsp3) is 0.250. The summed E-state index contributed by atoms with van der Waals surface area (Å²) in [6, 6.07) is 4.46. The van der Waals surface area contributed by atoms with Crippen LogP contribution in [0.25, 0.3) is 0 Å². The predicted octanol–water partition coefficient (Wildman–Crippen LogP) is 2.38. The van der Waals surface area contributed by atoms with E-state index >= 15 is 0 Å². The minimum Gasteiger partial charge on any atom is -0.324 e. The largest absolute Gasteiger partial charge is 0.324 e. The molecule has 4 nitrogen and oxygen atoms in total. The van der Waals surface area contributed by atoms with Crippen LogP contribution in [-0.4, -0.2) is 4.92 Å². The Morgan fingerprint density at radius 3 is 2.62 bits per heavy atom. The van der Waals surface area contributed by atoms with E-state index in [0.29, 0.717) is 10.0 Å². The number of nitro groups is 1. The van der Waals surface area contributed by atoms with Crippen LogP contribution < -0.4 is 5.73 Å². The third-order valence-corrected chi connectivity index (χ3v) is 2.37. The molecule has 70 valence electrons. The maximum absolute atomic E-state index is 10.6. The van der Waals surface area contributed by atoms with Crippen LogP contribution in [0.1, 0.15) is 18.5 Å². The Labute approximate surface area is 84.0 Å². The molecule has 1 aromatic rings. The third-order valence-electron chi connectivity index (χ3n) is 1.68. The van der Waals surface area contributed by atoms with Crippen molar-refractivity contribution < 1.29 is 4.92 Å². The van der Waals surface area contributed by atoms with Crippen LogP contribution in [0, 0.1) is 10.1 Å². The second-order valence-corrected chi connectivity index (χ2v) is 3.57. The number of rotatable bonds is 2. The van der Waals surface area contributed by atoms with Crippen LogP contribution >= 0.6 is 15.9 Å². The van der Waals surface area contributed by atoms with Gasteiger partial charge in [-0.05, 0) is 13.0 Å². The molecule has 0 bridgehead atoms. The Bertz CT molecular complexity index is 339. The number of nitrogens with two attached hydrogens (primary N) is 1. The first-order valence-electron chi connectivity index (χ1n) is 3.72. The van der Waals surface area contributed by atoms with Gasteiger partial charge < -0.3 is 5.73 Å². The van der Waals surface area contributed by atoms with Crippen molar-refractivity contribution in [3.63, 3.8) is 0 Å². The van der Waals surface area contributed by atoms with Crippen molar-refractivity contribution in [3.05, 3.63) is 38.3 Å². The van der Waals surface area contributed by atoms with E-state index in [0.717, 1.165) is 0 Å². The zero-order chi connectivity index (χ0) is 10.0. The lowest BCUT2D eigenvalue weighted by molar-refractivity contribution is -0.385. The Kier molecular flexibility index (Phi) is 3.00. The number of nitrogens with zero attached hydrogens (tertiary/aromatic N) is 1. The van der Waals surface area contributed by atoms with E-state index in [1.807, 2.05) is 0 Å². The first-order chi connectivity index (χ1) is 6.04. The van der Waals surface area contributed by atoms with Crippen molar-refractivity contribution in [1.82, 2.24) is 0 Å². The van der Waals surface area contributed by atoms with Gasteiger partial charge >= 0.3 is 0 Å². The molecule has 0 fully saturated rings. The van der Waals surface area contributed by atoms with Crippen molar-refractivity contribution in [3.8, 4) is 0 Å². The van der Waals surface area contributed by atoms with Gasteiger partial charge in [0.15, 0.2) is 0 Å². The zero-order valence-corrected chi connectivity index (χ0v) is 8.61. The highest BCUT2D eigenvalue weighted by molar-refractivity contribution is 9.10. The first-order valence-corrected chi connectivity index (χ1v) is 4.51. The molecule has 0 saturated carbocycles. The molecule has 5 heteroatoms. The Hall–Kier alpha value is -0.940. The quantitative estimate of drug-likeness (QED) is 0.642. The molecule has 2 N–H and O–H groups in total. The van der Waals surface area contributed by atoms with E-state index in [1.54, 1.807) is 19.1 Å². The Morgan fingerprint density at radius 1 is 1.62 bits per heavy atom. The minimum absolute atomic E-state index is 0.0596. The SMILES string of the molecule is C[C@H](N)c1c(Br)cccc1[N+](=O)[O-]. The number of nitro benzene ring substituents is 1. The highest BCUT2D eigenvalue weighted by Gasteiger charge is 2.18. The standard InChI is InChI=1S/C8H9BrN2O2/c1-5(10)8-6(9)3-2-4-7(8)11(12)13/h2-5H,10H2,1H3/t5-/m0/s1.